The molecule has 0 N–H and O–H groups in total. The number of allylic oxidation sites excluding steroid dienone is 3. The second-order valence-electron chi connectivity index (χ2n) is 4.72. The summed E-state index contributed by atoms with van der Waals surface area (Å²) in [5.74, 6) is 0.302. The van der Waals surface area contributed by atoms with Crippen LogP contribution in [0.4, 0.5) is 0 Å². The van der Waals surface area contributed by atoms with Crippen LogP contribution in [0, 0.1) is 5.92 Å². The Morgan fingerprint density at radius 1 is 1.18 bits per heavy atom. The zero-order valence-corrected chi connectivity index (χ0v) is 10.8. The van der Waals surface area contributed by atoms with Crippen LogP contribution >= 0.6 is 11.8 Å². The van der Waals surface area contributed by atoms with Crippen molar-refractivity contribution in [1.29, 1.82) is 0 Å². The van der Waals surface area contributed by atoms with Gasteiger partial charge in [-0.1, -0.05) is 41.5 Å². The molecule has 1 aliphatic heterocycles. The maximum Gasteiger partial charge on any atom is 0.172 e. The van der Waals surface area contributed by atoms with Gasteiger partial charge in [0.1, 0.15) is 0 Å². The largest absolute Gasteiger partial charge is 0.293 e. The van der Waals surface area contributed by atoms with E-state index in [4.69, 9.17) is 0 Å². The topological polar surface area (TPSA) is 17.1 Å². The molecule has 0 saturated heterocycles. The number of rotatable bonds is 0. The van der Waals surface area contributed by atoms with Crippen molar-refractivity contribution in [2.45, 2.75) is 24.0 Å². The van der Waals surface area contributed by atoms with Crippen molar-refractivity contribution < 1.29 is 4.79 Å². The van der Waals surface area contributed by atoms with E-state index in [0.717, 1.165) is 10.5 Å². The van der Waals surface area contributed by atoms with Crippen LogP contribution in [0.1, 0.15) is 24.2 Å². The molecule has 0 spiro atoms. The van der Waals surface area contributed by atoms with Crippen molar-refractivity contribution in [2.24, 2.45) is 5.92 Å². The highest BCUT2D eigenvalue weighted by molar-refractivity contribution is 8.00. The van der Waals surface area contributed by atoms with Crippen molar-refractivity contribution in [3.63, 3.8) is 0 Å². The molecule has 2 unspecified atom stereocenters. The Kier molecular flexibility index (Phi) is 2.48. The highest BCUT2D eigenvalue weighted by Gasteiger charge is 2.36. The average Bonchev–Trinajstić information content (AvgIpc) is 2.31. The van der Waals surface area contributed by atoms with Gasteiger partial charge in [-0.2, -0.15) is 0 Å². The number of carbonyl (C=O) groups is 1. The number of ketones is 1. The van der Waals surface area contributed by atoms with Crippen LogP contribution in [0.25, 0.3) is 0 Å². The predicted octanol–water partition coefficient (Wildman–Crippen LogP) is 3.87. The summed E-state index contributed by atoms with van der Waals surface area (Å²) >= 11 is 1.82. The molecule has 0 fully saturated rings. The number of Topliss-reactive ketones (excluding diaryl/α,β-unsaturated/α-hetero) is 1. The first-order valence-electron chi connectivity index (χ1n) is 5.83. The summed E-state index contributed by atoms with van der Waals surface area (Å²) in [5.41, 5.74) is 3.40. The molecular formula is C15H14OS. The third-order valence-corrected chi connectivity index (χ3v) is 4.91. The van der Waals surface area contributed by atoms with Gasteiger partial charge in [-0.05, 0) is 19.9 Å². The fraction of sp³-hybridized carbons (Fsp3) is 0.267. The molecule has 0 aromatic heterocycles. The van der Waals surface area contributed by atoms with Gasteiger partial charge in [0.15, 0.2) is 5.78 Å². The predicted molar refractivity (Wildman–Crippen MR) is 71.4 cm³/mol. The van der Waals surface area contributed by atoms with Crippen LogP contribution in [0.15, 0.2) is 52.5 Å². The van der Waals surface area contributed by atoms with E-state index in [9.17, 15) is 4.79 Å². The summed E-state index contributed by atoms with van der Waals surface area (Å²) in [4.78, 5) is 13.6. The molecule has 86 valence electrons. The van der Waals surface area contributed by atoms with Crippen molar-refractivity contribution in [3.05, 3.63) is 53.1 Å². The van der Waals surface area contributed by atoms with Crippen LogP contribution in [-0.2, 0) is 0 Å². The zero-order chi connectivity index (χ0) is 12.0. The van der Waals surface area contributed by atoms with Crippen molar-refractivity contribution >= 4 is 17.5 Å². The monoisotopic (exact) mass is 242 g/mol. The first-order chi connectivity index (χ1) is 8.16. The van der Waals surface area contributed by atoms with Gasteiger partial charge in [0.05, 0.1) is 5.92 Å². The van der Waals surface area contributed by atoms with Gasteiger partial charge in [-0.25, -0.2) is 0 Å². The quantitative estimate of drug-likeness (QED) is 0.687. The van der Waals surface area contributed by atoms with Crippen molar-refractivity contribution in [3.8, 4) is 0 Å². The number of fused-ring (bicyclic) bond motifs is 2. The highest BCUT2D eigenvalue weighted by atomic mass is 32.2. The number of benzene rings is 1. The molecule has 17 heavy (non-hydrogen) atoms. The lowest BCUT2D eigenvalue weighted by Crippen LogP contribution is -2.31. The minimum absolute atomic E-state index is 0.0277. The molecular weight excluding hydrogens is 228 g/mol. The zero-order valence-electron chi connectivity index (χ0n) is 9.94. The summed E-state index contributed by atoms with van der Waals surface area (Å²) < 4.78 is 0. The van der Waals surface area contributed by atoms with E-state index < -0.39 is 0 Å². The van der Waals surface area contributed by atoms with E-state index in [2.05, 4.69) is 26.0 Å². The normalized spacial score (nSPS) is 26.8. The van der Waals surface area contributed by atoms with E-state index >= 15 is 0 Å². The SMILES string of the molecule is CC1=CC2C(=O)c3ccccc3SC2C(C)=C1. The summed E-state index contributed by atoms with van der Waals surface area (Å²) in [6.07, 6.45) is 4.30. The van der Waals surface area contributed by atoms with E-state index in [1.165, 1.54) is 11.1 Å². The summed E-state index contributed by atoms with van der Waals surface area (Å²) in [5, 5.41) is 0.293. The molecule has 1 aliphatic carbocycles. The number of hydrogen-bond acceptors (Lipinski definition) is 2. The molecule has 1 aromatic rings. The average molecular weight is 242 g/mol. The van der Waals surface area contributed by atoms with E-state index in [0.29, 0.717) is 5.25 Å². The molecule has 3 rings (SSSR count). The lowest BCUT2D eigenvalue weighted by atomic mass is 9.85. The van der Waals surface area contributed by atoms with Crippen LogP contribution in [0.3, 0.4) is 0 Å². The van der Waals surface area contributed by atoms with E-state index in [1.54, 1.807) is 0 Å². The number of hydrogen-bond donors (Lipinski definition) is 0. The number of thioether (sulfide) groups is 1. The van der Waals surface area contributed by atoms with Crippen LogP contribution in [0.2, 0.25) is 0 Å². The van der Waals surface area contributed by atoms with Gasteiger partial charge in [0.2, 0.25) is 0 Å². The minimum atomic E-state index is 0.0277. The first-order valence-corrected chi connectivity index (χ1v) is 6.71. The van der Waals surface area contributed by atoms with Crippen molar-refractivity contribution in [1.82, 2.24) is 0 Å². The smallest absolute Gasteiger partial charge is 0.172 e. The van der Waals surface area contributed by atoms with Gasteiger partial charge < -0.3 is 0 Å². The fourth-order valence-electron chi connectivity index (χ4n) is 2.61. The van der Waals surface area contributed by atoms with Gasteiger partial charge in [-0.15, -0.1) is 11.8 Å². The van der Waals surface area contributed by atoms with Crippen LogP contribution in [-0.4, -0.2) is 11.0 Å². The standard InChI is InChI=1S/C15H14OS/c1-9-7-10(2)15-12(8-9)14(16)11-5-3-4-6-13(11)17-15/h3-8,12,15H,1-2H3. The molecule has 0 saturated carbocycles. The Hall–Kier alpha value is -1.28. The van der Waals surface area contributed by atoms with Gasteiger partial charge in [0.25, 0.3) is 0 Å². The maximum atomic E-state index is 12.5. The Bertz CT molecular complexity index is 554. The Labute approximate surface area is 106 Å². The number of carbonyl (C=O) groups excluding carboxylic acids is 1. The second kappa shape index (κ2) is 3.88. The molecule has 2 atom stereocenters. The maximum absolute atomic E-state index is 12.5. The summed E-state index contributed by atoms with van der Waals surface area (Å²) in [6.45, 7) is 4.19. The second-order valence-corrected chi connectivity index (χ2v) is 5.91. The van der Waals surface area contributed by atoms with Crippen LogP contribution in [0.5, 0.6) is 0 Å². The first kappa shape index (κ1) is 10.8. The Balaban J connectivity index is 2.12. The lowest BCUT2D eigenvalue weighted by molar-refractivity contribution is 0.0940. The molecule has 2 aliphatic rings. The molecule has 0 radical (unpaired) electrons. The van der Waals surface area contributed by atoms with E-state index in [-0.39, 0.29) is 11.7 Å². The molecule has 0 bridgehead atoms. The van der Waals surface area contributed by atoms with E-state index in [1.807, 2.05) is 36.0 Å². The van der Waals surface area contributed by atoms with Crippen LogP contribution < -0.4 is 0 Å². The third kappa shape index (κ3) is 1.67. The Morgan fingerprint density at radius 2 is 1.94 bits per heavy atom. The highest BCUT2D eigenvalue weighted by Crippen LogP contribution is 2.44. The Morgan fingerprint density at radius 3 is 2.76 bits per heavy atom. The van der Waals surface area contributed by atoms with Gasteiger partial charge >= 0.3 is 0 Å². The third-order valence-electron chi connectivity index (χ3n) is 3.38. The minimum Gasteiger partial charge on any atom is -0.293 e. The summed E-state index contributed by atoms with van der Waals surface area (Å²) in [7, 11) is 0. The lowest BCUT2D eigenvalue weighted by Gasteiger charge is -2.33. The molecule has 1 nitrogen and oxygen atoms in total. The molecule has 0 amide bonds. The molecule has 1 aromatic carbocycles. The molecule has 2 heteroatoms. The van der Waals surface area contributed by atoms with Crippen molar-refractivity contribution in [2.75, 3.05) is 0 Å². The van der Waals surface area contributed by atoms with Gasteiger partial charge in [-0.3, -0.25) is 4.79 Å². The van der Waals surface area contributed by atoms with Gasteiger partial charge in [0, 0.05) is 15.7 Å². The summed E-state index contributed by atoms with van der Waals surface area (Å²) in [6, 6.07) is 7.94. The molecule has 1 heterocycles. The fourth-order valence-corrected chi connectivity index (χ4v) is 3.94.